The Bertz CT molecular complexity index is 224. The Balaban J connectivity index is 3.34. The van der Waals surface area contributed by atoms with Crippen LogP contribution in [-0.2, 0) is 0 Å². The molecule has 0 atom stereocenters. The summed E-state index contributed by atoms with van der Waals surface area (Å²) in [7, 11) is 0. The molecule has 1 rings (SSSR count). The fourth-order valence-corrected chi connectivity index (χ4v) is 1.09. The molecule has 0 saturated heterocycles. The molecule has 1 heteroatoms. The van der Waals surface area contributed by atoms with Gasteiger partial charge in [-0.05, 0) is 0 Å². The Kier molecular flexibility index (Phi) is 1.93. The molecular formula is C9H13B. The van der Waals surface area contributed by atoms with Crippen LogP contribution >= 0.6 is 0 Å². The number of hydrogen-bond acceptors (Lipinski definition) is 0. The van der Waals surface area contributed by atoms with Crippen LogP contribution in [0.25, 0.3) is 0 Å². The van der Waals surface area contributed by atoms with E-state index in [0.717, 1.165) is 0 Å². The molecule has 0 aliphatic carbocycles. The second kappa shape index (κ2) is 2.57. The molecule has 0 nitrogen and oxygen atoms in total. The molecule has 0 aliphatic rings. The molecule has 0 radical (unpaired) electrons. The van der Waals surface area contributed by atoms with Gasteiger partial charge >= 0.3 is 62.7 Å². The number of aryl methyl sites for hydroxylation is 2. The van der Waals surface area contributed by atoms with Crippen molar-refractivity contribution in [1.29, 1.82) is 0 Å². The summed E-state index contributed by atoms with van der Waals surface area (Å²) in [5.74, 6) is 2.18. The van der Waals surface area contributed by atoms with Gasteiger partial charge in [0.05, 0.1) is 0 Å². The van der Waals surface area contributed by atoms with E-state index in [9.17, 15) is 0 Å². The van der Waals surface area contributed by atoms with Gasteiger partial charge in [0.2, 0.25) is 0 Å². The fourth-order valence-electron chi connectivity index (χ4n) is 1.09. The van der Waals surface area contributed by atoms with E-state index in [1.807, 2.05) is 0 Å². The summed E-state index contributed by atoms with van der Waals surface area (Å²) >= 11 is 0. The van der Waals surface area contributed by atoms with Gasteiger partial charge in [-0.25, -0.2) is 0 Å². The number of hydrogen-bond donors (Lipinski definition) is 0. The van der Waals surface area contributed by atoms with Crippen LogP contribution in [0.2, 0.25) is 0 Å². The van der Waals surface area contributed by atoms with Crippen molar-refractivity contribution in [3.63, 3.8) is 0 Å². The van der Waals surface area contributed by atoms with Gasteiger partial charge in [-0.15, -0.1) is 0 Å². The maximum atomic E-state index is 2.18. The first kappa shape index (κ1) is 7.52. The maximum absolute atomic E-state index is 2.18. The summed E-state index contributed by atoms with van der Waals surface area (Å²) in [5.41, 5.74) is 5.64. The van der Waals surface area contributed by atoms with E-state index in [0.29, 0.717) is 0 Å². The molecule has 0 amide bonds. The van der Waals surface area contributed by atoms with Gasteiger partial charge in [-0.2, -0.15) is 0 Å². The third-order valence-electron chi connectivity index (χ3n) is 2.33. The second-order valence-corrected chi connectivity index (χ2v) is 2.95. The fraction of sp³-hybridized carbons (Fsp3) is 0.444. The Morgan fingerprint density at radius 1 is 1.00 bits per heavy atom. The van der Waals surface area contributed by atoms with Crippen LogP contribution in [0.3, 0.4) is 0 Å². The molecule has 0 N–H and O–H groups in total. The summed E-state index contributed by atoms with van der Waals surface area (Å²) in [6.07, 6.45) is 0. The standard InChI is InChI=1S/C9H13B/c1-6-5-10-9(4)8(3)7(6)2/h5H,1-4H3. The average Bonchev–Trinajstić information content (AvgIpc) is 1.93. The third kappa shape index (κ3) is 1.13. The van der Waals surface area contributed by atoms with Crippen molar-refractivity contribution in [1.82, 2.24) is 0 Å². The molecule has 1 aromatic rings. The third-order valence-corrected chi connectivity index (χ3v) is 2.33. The van der Waals surface area contributed by atoms with Crippen LogP contribution in [0.15, 0.2) is 5.96 Å². The summed E-state index contributed by atoms with van der Waals surface area (Å²) in [6.45, 7) is 10.8. The molecule has 0 fully saturated rings. The first-order chi connectivity index (χ1) is 4.63. The summed E-state index contributed by atoms with van der Waals surface area (Å²) in [4.78, 5) is 0. The van der Waals surface area contributed by atoms with Crippen molar-refractivity contribution in [3.05, 3.63) is 28.1 Å². The van der Waals surface area contributed by atoms with Gasteiger partial charge in [0.1, 0.15) is 0 Å². The van der Waals surface area contributed by atoms with Gasteiger partial charge in [-0.3, -0.25) is 0 Å². The zero-order chi connectivity index (χ0) is 7.72. The molecule has 0 unspecified atom stereocenters. The number of rotatable bonds is 0. The van der Waals surface area contributed by atoms with E-state index < -0.39 is 0 Å². The normalized spacial score (nSPS) is 9.60. The zero-order valence-electron chi connectivity index (χ0n) is 7.15. The topological polar surface area (TPSA) is 0 Å². The Morgan fingerprint density at radius 3 is 2.10 bits per heavy atom. The Morgan fingerprint density at radius 2 is 1.60 bits per heavy atom. The molecule has 0 aliphatic heterocycles. The Hall–Kier alpha value is -0.585. The van der Waals surface area contributed by atoms with Crippen LogP contribution in [0, 0.1) is 27.7 Å². The quantitative estimate of drug-likeness (QED) is 0.507. The first-order valence-electron chi connectivity index (χ1n) is 3.66. The summed E-state index contributed by atoms with van der Waals surface area (Å²) in [6, 6.07) is 0. The molecule has 10 heavy (non-hydrogen) atoms. The molecule has 0 aromatic carbocycles. The van der Waals surface area contributed by atoms with Crippen molar-refractivity contribution in [2.24, 2.45) is 0 Å². The molecule has 0 spiro atoms. The van der Waals surface area contributed by atoms with Crippen molar-refractivity contribution in [2.45, 2.75) is 27.7 Å². The molecule has 0 saturated carbocycles. The predicted octanol–water partition coefficient (Wildman–Crippen LogP) is 2.26. The summed E-state index contributed by atoms with van der Waals surface area (Å²) < 4.78 is 0. The molecule has 1 heterocycles. The van der Waals surface area contributed by atoms with Crippen molar-refractivity contribution < 1.29 is 0 Å². The molecule has 0 bridgehead atoms. The van der Waals surface area contributed by atoms with E-state index in [4.69, 9.17) is 0 Å². The molecular weight excluding hydrogens is 119 g/mol. The van der Waals surface area contributed by atoms with E-state index in [1.165, 1.54) is 22.1 Å². The van der Waals surface area contributed by atoms with Gasteiger partial charge < -0.3 is 0 Å². The van der Waals surface area contributed by atoms with Gasteiger partial charge in [0.25, 0.3) is 0 Å². The predicted molar refractivity (Wildman–Crippen MR) is 46.7 cm³/mol. The van der Waals surface area contributed by atoms with E-state index in [1.54, 1.807) is 0 Å². The van der Waals surface area contributed by atoms with Crippen LogP contribution in [0.5, 0.6) is 0 Å². The van der Waals surface area contributed by atoms with E-state index in [-0.39, 0.29) is 0 Å². The zero-order valence-corrected chi connectivity index (χ0v) is 7.15. The van der Waals surface area contributed by atoms with Crippen LogP contribution in [-0.4, -0.2) is 6.91 Å². The van der Waals surface area contributed by atoms with E-state index in [2.05, 4.69) is 40.6 Å². The minimum absolute atomic E-state index is 1.39. The molecule has 52 valence electrons. The monoisotopic (exact) mass is 132 g/mol. The minimum atomic E-state index is 1.39. The van der Waals surface area contributed by atoms with Gasteiger partial charge in [0, 0.05) is 0 Å². The van der Waals surface area contributed by atoms with Gasteiger partial charge in [0.15, 0.2) is 0 Å². The van der Waals surface area contributed by atoms with Crippen LogP contribution < -0.4 is 0 Å². The second-order valence-electron chi connectivity index (χ2n) is 2.95. The van der Waals surface area contributed by atoms with Crippen molar-refractivity contribution >= 4 is 6.91 Å². The average molecular weight is 132 g/mol. The van der Waals surface area contributed by atoms with Crippen LogP contribution in [0.1, 0.15) is 22.1 Å². The summed E-state index contributed by atoms with van der Waals surface area (Å²) in [5, 5.41) is 0. The SMILES string of the molecule is Cc1bcc(C)c(C)c1C. The van der Waals surface area contributed by atoms with Crippen molar-refractivity contribution in [3.8, 4) is 0 Å². The van der Waals surface area contributed by atoms with Crippen molar-refractivity contribution in [2.75, 3.05) is 0 Å². The van der Waals surface area contributed by atoms with E-state index >= 15 is 0 Å². The Labute approximate surface area is 63.5 Å². The van der Waals surface area contributed by atoms with Gasteiger partial charge in [-0.1, -0.05) is 0 Å². The molecule has 1 aromatic heterocycles. The van der Waals surface area contributed by atoms with Crippen LogP contribution in [0.4, 0.5) is 0 Å². The first-order valence-corrected chi connectivity index (χ1v) is 3.66.